The molecule has 0 bridgehead atoms. The molecule has 122 valence electrons. The third-order valence-corrected chi connectivity index (χ3v) is 3.53. The molecule has 2 aromatic rings. The quantitative estimate of drug-likeness (QED) is 0.219. The van der Waals surface area contributed by atoms with Crippen LogP contribution in [0.2, 0.25) is 0 Å². The number of nitrogens with two attached hydrogens (primary N) is 1. The molecule has 6 nitrogen and oxygen atoms in total. The highest BCUT2D eigenvalue weighted by Crippen LogP contribution is 2.26. The fourth-order valence-electron chi connectivity index (χ4n) is 2.21. The largest absolute Gasteiger partial charge is 0.506 e. The van der Waals surface area contributed by atoms with Gasteiger partial charge in [-0.3, -0.25) is 4.79 Å². The van der Waals surface area contributed by atoms with E-state index in [1.54, 1.807) is 12.1 Å². The van der Waals surface area contributed by atoms with Gasteiger partial charge in [0.1, 0.15) is 5.75 Å². The maximum atomic E-state index is 10.5. The van der Waals surface area contributed by atoms with Gasteiger partial charge in [0, 0.05) is 12.2 Å². The van der Waals surface area contributed by atoms with Crippen LogP contribution in [-0.4, -0.2) is 29.7 Å². The summed E-state index contributed by atoms with van der Waals surface area (Å²) < 4.78 is 0. The fraction of sp³-hybridized carbons (Fsp3) is 0.235. The number of carbonyl (C=O) groups excluding carboxylic acids is 1. The number of nitrogen functional groups attached to an aromatic ring is 1. The van der Waals surface area contributed by atoms with Crippen molar-refractivity contribution in [1.29, 1.82) is 0 Å². The van der Waals surface area contributed by atoms with Crippen LogP contribution in [0.5, 0.6) is 5.75 Å². The SMILES string of the molecule is Nc1ccc(CCNCC(O)c2ccc(O)c(NC=O)c2)cc1. The van der Waals surface area contributed by atoms with Crippen LogP contribution in [0.1, 0.15) is 17.2 Å². The zero-order chi connectivity index (χ0) is 16.7. The first-order valence-corrected chi connectivity index (χ1v) is 7.36. The Kier molecular flexibility index (Phi) is 5.96. The Labute approximate surface area is 135 Å². The summed E-state index contributed by atoms with van der Waals surface area (Å²) in [7, 11) is 0. The molecule has 2 rings (SSSR count). The molecular weight excluding hydrogens is 294 g/mol. The van der Waals surface area contributed by atoms with E-state index < -0.39 is 6.10 Å². The number of nitrogens with one attached hydrogen (secondary N) is 2. The van der Waals surface area contributed by atoms with Gasteiger partial charge in [-0.1, -0.05) is 18.2 Å². The van der Waals surface area contributed by atoms with Crippen molar-refractivity contribution in [1.82, 2.24) is 5.32 Å². The van der Waals surface area contributed by atoms with Crippen molar-refractivity contribution in [2.24, 2.45) is 0 Å². The third-order valence-electron chi connectivity index (χ3n) is 3.53. The maximum absolute atomic E-state index is 10.5. The summed E-state index contributed by atoms with van der Waals surface area (Å²) in [5.74, 6) is -0.0376. The number of hydrogen-bond donors (Lipinski definition) is 5. The second-order valence-electron chi connectivity index (χ2n) is 5.25. The molecule has 6 heteroatoms. The summed E-state index contributed by atoms with van der Waals surface area (Å²) in [6.07, 6.45) is 0.589. The Balaban J connectivity index is 1.82. The van der Waals surface area contributed by atoms with Crippen molar-refractivity contribution in [3.63, 3.8) is 0 Å². The number of benzene rings is 2. The molecule has 2 aromatic carbocycles. The zero-order valence-electron chi connectivity index (χ0n) is 12.7. The van der Waals surface area contributed by atoms with Gasteiger partial charge in [-0.05, 0) is 48.4 Å². The topological polar surface area (TPSA) is 108 Å². The van der Waals surface area contributed by atoms with Crippen molar-refractivity contribution < 1.29 is 15.0 Å². The van der Waals surface area contributed by atoms with Crippen molar-refractivity contribution in [2.75, 3.05) is 24.1 Å². The number of aromatic hydroxyl groups is 1. The van der Waals surface area contributed by atoms with Gasteiger partial charge in [0.05, 0.1) is 11.8 Å². The van der Waals surface area contributed by atoms with Crippen LogP contribution in [-0.2, 0) is 11.2 Å². The molecule has 0 aliphatic carbocycles. The molecule has 0 fully saturated rings. The van der Waals surface area contributed by atoms with E-state index in [0.29, 0.717) is 18.5 Å². The molecule has 0 aliphatic heterocycles. The van der Waals surface area contributed by atoms with Crippen LogP contribution in [0.3, 0.4) is 0 Å². The lowest BCUT2D eigenvalue weighted by Gasteiger charge is -2.14. The summed E-state index contributed by atoms with van der Waals surface area (Å²) in [4.78, 5) is 10.5. The number of phenols is 1. The maximum Gasteiger partial charge on any atom is 0.211 e. The number of aliphatic hydroxyl groups excluding tert-OH is 1. The second kappa shape index (κ2) is 8.17. The predicted octanol–water partition coefficient (Wildman–Crippen LogP) is 1.41. The first-order chi connectivity index (χ1) is 11.1. The lowest BCUT2D eigenvalue weighted by Crippen LogP contribution is -2.23. The number of amides is 1. The standard InChI is InChI=1S/C17H21N3O3/c18-14-4-1-12(2-5-14)7-8-19-10-17(23)13-3-6-16(22)15(9-13)20-11-21/h1-6,9,11,17,19,22-23H,7-8,10,18H2,(H,20,21). The lowest BCUT2D eigenvalue weighted by molar-refractivity contribution is -0.105. The van der Waals surface area contributed by atoms with Gasteiger partial charge in [-0.15, -0.1) is 0 Å². The molecule has 0 aliphatic rings. The first kappa shape index (κ1) is 16.8. The van der Waals surface area contributed by atoms with Crippen molar-refractivity contribution in [2.45, 2.75) is 12.5 Å². The summed E-state index contributed by atoms with van der Waals surface area (Å²) in [5, 5.41) is 25.3. The van der Waals surface area contributed by atoms with E-state index in [-0.39, 0.29) is 11.4 Å². The predicted molar refractivity (Wildman–Crippen MR) is 90.2 cm³/mol. The third kappa shape index (κ3) is 4.98. The van der Waals surface area contributed by atoms with E-state index in [1.165, 1.54) is 11.6 Å². The van der Waals surface area contributed by atoms with Crippen molar-refractivity contribution in [3.05, 3.63) is 53.6 Å². The van der Waals surface area contributed by atoms with Crippen molar-refractivity contribution >= 4 is 17.8 Å². The molecular formula is C17H21N3O3. The Hall–Kier alpha value is -2.57. The van der Waals surface area contributed by atoms with Crippen LogP contribution in [0.25, 0.3) is 0 Å². The highest BCUT2D eigenvalue weighted by atomic mass is 16.3. The number of rotatable bonds is 8. The highest BCUT2D eigenvalue weighted by molar-refractivity contribution is 5.75. The zero-order valence-corrected chi connectivity index (χ0v) is 12.7. The van der Waals surface area contributed by atoms with E-state index in [9.17, 15) is 15.0 Å². The summed E-state index contributed by atoms with van der Waals surface area (Å²) in [6.45, 7) is 1.10. The van der Waals surface area contributed by atoms with E-state index in [4.69, 9.17) is 5.73 Å². The number of hydrogen-bond acceptors (Lipinski definition) is 5. The van der Waals surface area contributed by atoms with Gasteiger partial charge < -0.3 is 26.6 Å². The summed E-state index contributed by atoms with van der Waals surface area (Å²) in [6, 6.07) is 12.3. The highest BCUT2D eigenvalue weighted by Gasteiger charge is 2.10. The molecule has 0 spiro atoms. The van der Waals surface area contributed by atoms with Crippen LogP contribution >= 0.6 is 0 Å². The Morgan fingerprint density at radius 1 is 1.17 bits per heavy atom. The molecule has 0 saturated heterocycles. The average molecular weight is 315 g/mol. The van der Waals surface area contributed by atoms with Gasteiger partial charge in [-0.25, -0.2) is 0 Å². The molecule has 0 saturated carbocycles. The van der Waals surface area contributed by atoms with E-state index in [0.717, 1.165) is 18.7 Å². The van der Waals surface area contributed by atoms with Crippen LogP contribution in [0.15, 0.2) is 42.5 Å². The van der Waals surface area contributed by atoms with E-state index in [1.807, 2.05) is 24.3 Å². The average Bonchev–Trinajstić information content (AvgIpc) is 2.55. The summed E-state index contributed by atoms with van der Waals surface area (Å²) >= 11 is 0. The van der Waals surface area contributed by atoms with Gasteiger partial charge in [0.15, 0.2) is 0 Å². The Morgan fingerprint density at radius 3 is 2.61 bits per heavy atom. The molecule has 0 aromatic heterocycles. The summed E-state index contributed by atoms with van der Waals surface area (Å²) in [5.41, 5.74) is 8.44. The van der Waals surface area contributed by atoms with Gasteiger partial charge >= 0.3 is 0 Å². The number of aliphatic hydroxyl groups is 1. The monoisotopic (exact) mass is 315 g/mol. The Morgan fingerprint density at radius 2 is 1.91 bits per heavy atom. The molecule has 1 atom stereocenters. The van der Waals surface area contributed by atoms with E-state index >= 15 is 0 Å². The number of anilines is 2. The molecule has 0 heterocycles. The van der Waals surface area contributed by atoms with Gasteiger partial charge in [0.25, 0.3) is 0 Å². The lowest BCUT2D eigenvalue weighted by atomic mass is 10.1. The number of phenolic OH excluding ortho intramolecular Hbond substituents is 1. The number of carbonyl (C=O) groups is 1. The van der Waals surface area contributed by atoms with Crippen LogP contribution in [0.4, 0.5) is 11.4 Å². The van der Waals surface area contributed by atoms with Crippen molar-refractivity contribution in [3.8, 4) is 5.75 Å². The molecule has 0 radical (unpaired) electrons. The Bertz CT molecular complexity index is 644. The molecule has 23 heavy (non-hydrogen) atoms. The van der Waals surface area contributed by atoms with Gasteiger partial charge in [0.2, 0.25) is 6.41 Å². The smallest absolute Gasteiger partial charge is 0.211 e. The molecule has 1 unspecified atom stereocenters. The molecule has 6 N–H and O–H groups in total. The van der Waals surface area contributed by atoms with Crippen LogP contribution in [0, 0.1) is 0 Å². The fourth-order valence-corrected chi connectivity index (χ4v) is 2.21. The minimum Gasteiger partial charge on any atom is -0.506 e. The van der Waals surface area contributed by atoms with Gasteiger partial charge in [-0.2, -0.15) is 0 Å². The van der Waals surface area contributed by atoms with E-state index in [2.05, 4.69) is 10.6 Å². The second-order valence-corrected chi connectivity index (χ2v) is 5.25. The molecule has 1 amide bonds. The minimum absolute atomic E-state index is 0.0376. The van der Waals surface area contributed by atoms with Crippen LogP contribution < -0.4 is 16.4 Å². The first-order valence-electron chi connectivity index (χ1n) is 7.36. The minimum atomic E-state index is -0.728. The normalized spacial score (nSPS) is 11.9.